The van der Waals surface area contributed by atoms with Gasteiger partial charge < -0.3 is 15.6 Å². The van der Waals surface area contributed by atoms with Gasteiger partial charge in [0, 0.05) is 25.0 Å². The van der Waals surface area contributed by atoms with Gasteiger partial charge in [-0.1, -0.05) is 0 Å². The van der Waals surface area contributed by atoms with Crippen molar-refractivity contribution in [2.75, 3.05) is 5.32 Å². The van der Waals surface area contributed by atoms with E-state index in [1.807, 2.05) is 17.8 Å². The number of fused-ring (bicyclic) bond motifs is 1. The first-order valence-corrected chi connectivity index (χ1v) is 6.57. The van der Waals surface area contributed by atoms with Gasteiger partial charge in [-0.2, -0.15) is 0 Å². The van der Waals surface area contributed by atoms with Crippen molar-refractivity contribution in [3.8, 4) is 0 Å². The molecular weight excluding hydrogens is 257 g/mol. The number of amides is 1. The van der Waals surface area contributed by atoms with Crippen LogP contribution in [0.25, 0.3) is 0 Å². The zero-order valence-electron chi connectivity index (χ0n) is 11.2. The van der Waals surface area contributed by atoms with Crippen LogP contribution in [0.5, 0.6) is 0 Å². The molecule has 0 bridgehead atoms. The summed E-state index contributed by atoms with van der Waals surface area (Å²) in [6, 6.07) is 5.75. The Labute approximate surface area is 116 Å². The minimum Gasteiger partial charge on any atom is -0.346 e. The number of nitrogens with one attached hydrogen (secondary N) is 1. The number of carbonyl (C=O) groups excluding carboxylic acids is 1. The fraction of sp³-hybridized carbons (Fsp3) is 0.267. The Morgan fingerprint density at radius 3 is 2.80 bits per heavy atom. The molecule has 0 saturated carbocycles. The second kappa shape index (κ2) is 4.76. The molecule has 3 N–H and O–H groups in total. The largest absolute Gasteiger partial charge is 0.346 e. The van der Waals surface area contributed by atoms with E-state index in [0.717, 1.165) is 24.0 Å². The monoisotopic (exact) mass is 273 g/mol. The van der Waals surface area contributed by atoms with Crippen LogP contribution in [0.2, 0.25) is 0 Å². The third-order valence-corrected chi connectivity index (χ3v) is 3.74. The smallest absolute Gasteiger partial charge is 0.272 e. The summed E-state index contributed by atoms with van der Waals surface area (Å²) in [6.07, 6.45) is 3.62. The molecule has 1 amide bonds. The van der Waals surface area contributed by atoms with Gasteiger partial charge >= 0.3 is 0 Å². The van der Waals surface area contributed by atoms with Crippen molar-refractivity contribution in [3.05, 3.63) is 53.1 Å². The summed E-state index contributed by atoms with van der Waals surface area (Å²) in [5.41, 5.74) is 9.31. The van der Waals surface area contributed by atoms with Crippen molar-refractivity contribution in [1.82, 2.24) is 4.57 Å². The lowest BCUT2D eigenvalue weighted by Crippen LogP contribution is -2.17. The van der Waals surface area contributed by atoms with Gasteiger partial charge in [0.1, 0.15) is 11.5 Å². The quantitative estimate of drug-likeness (QED) is 0.882. The second-order valence-electron chi connectivity index (χ2n) is 5.13. The molecule has 0 spiro atoms. The minimum absolute atomic E-state index is 0.0172. The number of hydrogen-bond acceptors (Lipinski definition) is 2. The summed E-state index contributed by atoms with van der Waals surface area (Å²) in [6.45, 7) is 0. The summed E-state index contributed by atoms with van der Waals surface area (Å²) < 4.78 is 14.7. The number of anilines is 1. The SMILES string of the molecule is Cn1cc2c(c1C(=O)Nc1ccc(F)cc1)CC[C@H]2N. The van der Waals surface area contributed by atoms with E-state index in [-0.39, 0.29) is 17.8 Å². The Morgan fingerprint density at radius 1 is 1.40 bits per heavy atom. The van der Waals surface area contributed by atoms with Crippen LogP contribution in [-0.4, -0.2) is 10.5 Å². The van der Waals surface area contributed by atoms with E-state index in [9.17, 15) is 9.18 Å². The highest BCUT2D eigenvalue weighted by Gasteiger charge is 2.28. The van der Waals surface area contributed by atoms with Crippen LogP contribution in [0.3, 0.4) is 0 Å². The number of rotatable bonds is 2. The summed E-state index contributed by atoms with van der Waals surface area (Å²) in [7, 11) is 1.84. The number of halogens is 1. The van der Waals surface area contributed by atoms with E-state index in [4.69, 9.17) is 5.73 Å². The highest BCUT2D eigenvalue weighted by Crippen LogP contribution is 2.33. The first-order chi connectivity index (χ1) is 9.56. The van der Waals surface area contributed by atoms with Crippen LogP contribution in [0, 0.1) is 5.82 Å². The summed E-state index contributed by atoms with van der Waals surface area (Å²) in [5, 5.41) is 2.79. The van der Waals surface area contributed by atoms with Crippen LogP contribution >= 0.6 is 0 Å². The molecule has 2 aromatic rings. The average Bonchev–Trinajstić information content (AvgIpc) is 2.92. The number of aromatic nitrogens is 1. The fourth-order valence-electron chi connectivity index (χ4n) is 2.76. The van der Waals surface area contributed by atoms with E-state index >= 15 is 0 Å². The predicted molar refractivity (Wildman–Crippen MR) is 75.0 cm³/mol. The van der Waals surface area contributed by atoms with E-state index < -0.39 is 0 Å². The van der Waals surface area contributed by atoms with E-state index in [1.165, 1.54) is 12.1 Å². The van der Waals surface area contributed by atoms with Crippen molar-refractivity contribution < 1.29 is 9.18 Å². The third-order valence-electron chi connectivity index (χ3n) is 3.74. The van der Waals surface area contributed by atoms with Gasteiger partial charge in [-0.3, -0.25) is 4.79 Å². The fourth-order valence-corrected chi connectivity index (χ4v) is 2.76. The lowest BCUT2D eigenvalue weighted by Gasteiger charge is -2.08. The minimum atomic E-state index is -0.325. The Balaban J connectivity index is 1.88. The van der Waals surface area contributed by atoms with Gasteiger partial charge in [0.05, 0.1) is 0 Å². The van der Waals surface area contributed by atoms with Crippen molar-refractivity contribution in [1.29, 1.82) is 0 Å². The Hall–Kier alpha value is -2.14. The molecule has 20 heavy (non-hydrogen) atoms. The van der Waals surface area contributed by atoms with Gasteiger partial charge in [0.2, 0.25) is 0 Å². The lowest BCUT2D eigenvalue weighted by atomic mass is 10.1. The van der Waals surface area contributed by atoms with E-state index in [2.05, 4.69) is 5.32 Å². The summed E-state index contributed by atoms with van der Waals surface area (Å²) >= 11 is 0. The number of benzene rings is 1. The Morgan fingerprint density at radius 2 is 2.10 bits per heavy atom. The summed E-state index contributed by atoms with van der Waals surface area (Å²) in [4.78, 5) is 12.4. The molecule has 104 valence electrons. The number of aryl methyl sites for hydroxylation is 1. The van der Waals surface area contributed by atoms with Crippen LogP contribution in [0.15, 0.2) is 30.5 Å². The lowest BCUT2D eigenvalue weighted by molar-refractivity contribution is 0.101. The molecule has 0 unspecified atom stereocenters. The maximum Gasteiger partial charge on any atom is 0.272 e. The molecule has 1 aromatic carbocycles. The normalized spacial score (nSPS) is 17.1. The molecule has 0 aliphatic heterocycles. The maximum atomic E-state index is 12.9. The molecule has 1 heterocycles. The van der Waals surface area contributed by atoms with Crippen LogP contribution in [0.4, 0.5) is 10.1 Å². The van der Waals surface area contributed by atoms with Gasteiger partial charge in [-0.25, -0.2) is 4.39 Å². The number of hydrogen-bond donors (Lipinski definition) is 2. The predicted octanol–water partition coefficient (Wildman–Crippen LogP) is 2.36. The molecule has 1 aliphatic rings. The van der Waals surface area contributed by atoms with Gasteiger partial charge in [0.15, 0.2) is 0 Å². The van der Waals surface area contributed by atoms with Crippen molar-refractivity contribution >= 4 is 11.6 Å². The van der Waals surface area contributed by atoms with Crippen molar-refractivity contribution in [2.24, 2.45) is 12.8 Å². The van der Waals surface area contributed by atoms with Crippen LogP contribution in [0.1, 0.15) is 34.1 Å². The molecule has 5 heteroatoms. The molecule has 1 aromatic heterocycles. The molecule has 3 rings (SSSR count). The highest BCUT2D eigenvalue weighted by molar-refractivity contribution is 6.04. The Bertz CT molecular complexity index is 661. The maximum absolute atomic E-state index is 12.9. The van der Waals surface area contributed by atoms with E-state index in [1.54, 1.807) is 12.1 Å². The van der Waals surface area contributed by atoms with Crippen molar-refractivity contribution in [2.45, 2.75) is 18.9 Å². The number of carbonyl (C=O) groups is 1. The molecule has 4 nitrogen and oxygen atoms in total. The molecular formula is C15H16FN3O. The van der Waals surface area contributed by atoms with Crippen LogP contribution in [-0.2, 0) is 13.5 Å². The van der Waals surface area contributed by atoms with Crippen LogP contribution < -0.4 is 11.1 Å². The van der Waals surface area contributed by atoms with Gasteiger partial charge in [-0.15, -0.1) is 0 Å². The van der Waals surface area contributed by atoms with Gasteiger partial charge in [0.25, 0.3) is 5.91 Å². The number of nitrogens with two attached hydrogens (primary N) is 1. The topological polar surface area (TPSA) is 60.0 Å². The molecule has 0 fully saturated rings. The zero-order chi connectivity index (χ0) is 14.3. The van der Waals surface area contributed by atoms with E-state index in [0.29, 0.717) is 11.4 Å². The molecule has 1 atom stereocenters. The number of nitrogens with zero attached hydrogens (tertiary/aromatic N) is 1. The second-order valence-corrected chi connectivity index (χ2v) is 5.13. The first kappa shape index (κ1) is 12.9. The Kier molecular flexibility index (Phi) is 3.06. The first-order valence-electron chi connectivity index (χ1n) is 6.57. The zero-order valence-corrected chi connectivity index (χ0v) is 11.2. The summed E-state index contributed by atoms with van der Waals surface area (Å²) in [5.74, 6) is -0.511. The highest BCUT2D eigenvalue weighted by atomic mass is 19.1. The van der Waals surface area contributed by atoms with Crippen molar-refractivity contribution in [3.63, 3.8) is 0 Å². The molecule has 0 radical (unpaired) electrons. The van der Waals surface area contributed by atoms with Gasteiger partial charge in [-0.05, 0) is 48.2 Å². The average molecular weight is 273 g/mol. The third kappa shape index (κ3) is 2.10. The molecule has 1 aliphatic carbocycles. The standard InChI is InChI=1S/C15H16FN3O/c1-19-8-12-11(6-7-13(12)17)14(19)15(20)18-10-4-2-9(16)3-5-10/h2-5,8,13H,6-7,17H2,1H3,(H,18,20)/t13-/m1/s1. The molecule has 0 saturated heterocycles.